The molecular weight excluding hydrogens is 261 g/mol. The molecule has 4 nitrogen and oxygen atoms in total. The van der Waals surface area contributed by atoms with Gasteiger partial charge in [0.05, 0.1) is 5.92 Å². The summed E-state index contributed by atoms with van der Waals surface area (Å²) < 4.78 is 13.3. The number of halogens is 1. The number of hydrogen-bond donors (Lipinski definition) is 1. The Kier molecular flexibility index (Phi) is 3.20. The van der Waals surface area contributed by atoms with E-state index in [2.05, 4.69) is 0 Å². The van der Waals surface area contributed by atoms with Gasteiger partial charge in [0.25, 0.3) is 5.91 Å². The zero-order valence-electron chi connectivity index (χ0n) is 11.0. The quantitative estimate of drug-likeness (QED) is 0.855. The summed E-state index contributed by atoms with van der Waals surface area (Å²) in [6.07, 6.45) is 2.75. The lowest BCUT2D eigenvalue weighted by Gasteiger charge is -2.37. The fourth-order valence-corrected chi connectivity index (χ4v) is 3.23. The molecule has 0 radical (unpaired) electrons. The van der Waals surface area contributed by atoms with Crippen LogP contribution >= 0.6 is 0 Å². The summed E-state index contributed by atoms with van der Waals surface area (Å²) in [5.74, 6) is -1.83. The van der Waals surface area contributed by atoms with Crippen molar-refractivity contribution in [2.45, 2.75) is 31.7 Å². The van der Waals surface area contributed by atoms with Gasteiger partial charge in [-0.3, -0.25) is 9.59 Å². The second-order valence-electron chi connectivity index (χ2n) is 5.56. The highest BCUT2D eigenvalue weighted by Gasteiger charge is 2.37. The minimum Gasteiger partial charge on any atom is -0.481 e. The van der Waals surface area contributed by atoms with Gasteiger partial charge in [0.15, 0.2) is 0 Å². The van der Waals surface area contributed by atoms with Crippen molar-refractivity contribution in [3.8, 4) is 0 Å². The van der Waals surface area contributed by atoms with Crippen LogP contribution in [-0.2, 0) is 11.2 Å². The van der Waals surface area contributed by atoms with E-state index < -0.39 is 11.9 Å². The molecule has 2 aliphatic heterocycles. The number of carboxylic acids is 1. The lowest BCUT2D eigenvalue weighted by molar-refractivity contribution is -0.143. The number of aryl methyl sites for hydroxylation is 1. The molecule has 1 N–H and O–H groups in total. The van der Waals surface area contributed by atoms with Gasteiger partial charge in [0.1, 0.15) is 5.82 Å². The molecule has 1 amide bonds. The predicted molar refractivity (Wildman–Crippen MR) is 69.9 cm³/mol. The lowest BCUT2D eigenvalue weighted by Crippen LogP contribution is -2.47. The van der Waals surface area contributed by atoms with E-state index in [0.29, 0.717) is 24.8 Å². The molecule has 2 heterocycles. The SMILES string of the molecule is O=C(O)[C@H]1CC[C@H]2CCc3cc(F)ccc3C(=O)N2C1. The Bertz CT molecular complexity index is 572. The lowest BCUT2D eigenvalue weighted by atomic mass is 9.91. The summed E-state index contributed by atoms with van der Waals surface area (Å²) in [6.45, 7) is 0.260. The van der Waals surface area contributed by atoms with Crippen LogP contribution < -0.4 is 0 Å². The number of carbonyl (C=O) groups excluding carboxylic acids is 1. The van der Waals surface area contributed by atoms with Crippen LogP contribution in [0.2, 0.25) is 0 Å². The highest BCUT2D eigenvalue weighted by Crippen LogP contribution is 2.31. The van der Waals surface area contributed by atoms with Crippen LogP contribution in [0, 0.1) is 11.7 Å². The molecular formula is C15H16FNO3. The van der Waals surface area contributed by atoms with Crippen molar-refractivity contribution in [3.05, 3.63) is 35.1 Å². The standard InChI is InChI=1S/C15H16FNO3/c16-11-3-6-13-9(7-11)1-4-12-5-2-10(15(19)20)8-17(12)14(13)18/h3,6-7,10,12H,1-2,4-5,8H2,(H,19,20)/t10-,12+/m0/s1. The zero-order valence-corrected chi connectivity index (χ0v) is 11.0. The van der Waals surface area contributed by atoms with E-state index in [1.54, 1.807) is 4.90 Å². The summed E-state index contributed by atoms with van der Waals surface area (Å²) in [4.78, 5) is 25.4. The minimum atomic E-state index is -0.847. The van der Waals surface area contributed by atoms with Crippen LogP contribution in [-0.4, -0.2) is 34.5 Å². The van der Waals surface area contributed by atoms with Crippen LogP contribution in [0.25, 0.3) is 0 Å². The number of piperidine rings is 1. The molecule has 0 spiro atoms. The predicted octanol–water partition coefficient (Wildman–Crippen LogP) is 2.08. The highest BCUT2D eigenvalue weighted by atomic mass is 19.1. The molecule has 1 fully saturated rings. The van der Waals surface area contributed by atoms with Crippen LogP contribution in [0.15, 0.2) is 18.2 Å². The number of nitrogens with zero attached hydrogens (tertiary/aromatic N) is 1. The second kappa shape index (κ2) is 4.89. The average molecular weight is 277 g/mol. The second-order valence-corrected chi connectivity index (χ2v) is 5.56. The van der Waals surface area contributed by atoms with Crippen molar-refractivity contribution in [1.29, 1.82) is 0 Å². The molecule has 106 valence electrons. The number of carboxylic acid groups (broad SMARTS) is 1. The third kappa shape index (κ3) is 2.17. The van der Waals surface area contributed by atoms with Gasteiger partial charge in [-0.15, -0.1) is 0 Å². The number of fused-ring (bicyclic) bond motifs is 2. The summed E-state index contributed by atoms with van der Waals surface area (Å²) in [6, 6.07) is 4.30. The smallest absolute Gasteiger partial charge is 0.308 e. The van der Waals surface area contributed by atoms with E-state index in [-0.39, 0.29) is 24.3 Å². The fraction of sp³-hybridized carbons (Fsp3) is 0.467. The van der Waals surface area contributed by atoms with E-state index in [9.17, 15) is 14.0 Å². The molecule has 0 saturated carbocycles. The molecule has 1 aromatic rings. The topological polar surface area (TPSA) is 57.6 Å². The summed E-state index contributed by atoms with van der Waals surface area (Å²) in [5, 5.41) is 9.13. The molecule has 1 aromatic carbocycles. The molecule has 2 aliphatic rings. The molecule has 0 aromatic heterocycles. The molecule has 0 bridgehead atoms. The van der Waals surface area contributed by atoms with Gasteiger partial charge in [-0.05, 0) is 49.4 Å². The Hall–Kier alpha value is -1.91. The van der Waals surface area contributed by atoms with E-state index in [1.165, 1.54) is 18.2 Å². The zero-order chi connectivity index (χ0) is 14.3. The molecule has 3 rings (SSSR count). The van der Waals surface area contributed by atoms with Crippen molar-refractivity contribution in [1.82, 2.24) is 4.90 Å². The number of hydrogen-bond acceptors (Lipinski definition) is 2. The van der Waals surface area contributed by atoms with Crippen molar-refractivity contribution >= 4 is 11.9 Å². The van der Waals surface area contributed by atoms with Crippen LogP contribution in [0.4, 0.5) is 4.39 Å². The van der Waals surface area contributed by atoms with Gasteiger partial charge < -0.3 is 10.0 Å². The molecule has 5 heteroatoms. The largest absolute Gasteiger partial charge is 0.481 e. The maximum atomic E-state index is 13.3. The minimum absolute atomic E-state index is 0.0774. The van der Waals surface area contributed by atoms with E-state index in [4.69, 9.17) is 5.11 Å². The number of amides is 1. The van der Waals surface area contributed by atoms with Gasteiger partial charge in [-0.25, -0.2) is 4.39 Å². The maximum absolute atomic E-state index is 13.3. The van der Waals surface area contributed by atoms with E-state index in [0.717, 1.165) is 12.0 Å². The Morgan fingerprint density at radius 2 is 2.10 bits per heavy atom. The average Bonchev–Trinajstić information content (AvgIpc) is 2.56. The van der Waals surface area contributed by atoms with Gasteiger partial charge in [0, 0.05) is 18.2 Å². The summed E-state index contributed by atoms with van der Waals surface area (Å²) >= 11 is 0. The Morgan fingerprint density at radius 1 is 1.30 bits per heavy atom. The molecule has 0 aliphatic carbocycles. The van der Waals surface area contributed by atoms with Crippen molar-refractivity contribution in [3.63, 3.8) is 0 Å². The van der Waals surface area contributed by atoms with Crippen LogP contribution in [0.3, 0.4) is 0 Å². The van der Waals surface area contributed by atoms with Gasteiger partial charge in [-0.2, -0.15) is 0 Å². The number of rotatable bonds is 1. The molecule has 1 saturated heterocycles. The van der Waals surface area contributed by atoms with Crippen molar-refractivity contribution in [2.75, 3.05) is 6.54 Å². The summed E-state index contributed by atoms with van der Waals surface area (Å²) in [5.41, 5.74) is 1.25. The highest BCUT2D eigenvalue weighted by molar-refractivity contribution is 5.96. The van der Waals surface area contributed by atoms with Gasteiger partial charge in [-0.1, -0.05) is 0 Å². The summed E-state index contributed by atoms with van der Waals surface area (Å²) in [7, 11) is 0. The normalized spacial score (nSPS) is 25.6. The maximum Gasteiger partial charge on any atom is 0.308 e. The van der Waals surface area contributed by atoms with Crippen molar-refractivity contribution in [2.24, 2.45) is 5.92 Å². The van der Waals surface area contributed by atoms with Crippen LogP contribution in [0.5, 0.6) is 0 Å². The van der Waals surface area contributed by atoms with Crippen LogP contribution in [0.1, 0.15) is 35.2 Å². The van der Waals surface area contributed by atoms with Gasteiger partial charge in [0.2, 0.25) is 0 Å². The first-order valence-electron chi connectivity index (χ1n) is 6.88. The third-order valence-corrected chi connectivity index (χ3v) is 4.36. The fourth-order valence-electron chi connectivity index (χ4n) is 3.23. The molecule has 2 atom stereocenters. The molecule has 0 unspecified atom stereocenters. The Balaban J connectivity index is 1.93. The van der Waals surface area contributed by atoms with Crippen molar-refractivity contribution < 1.29 is 19.1 Å². The third-order valence-electron chi connectivity index (χ3n) is 4.36. The first-order valence-corrected chi connectivity index (χ1v) is 6.88. The van der Waals surface area contributed by atoms with Gasteiger partial charge >= 0.3 is 5.97 Å². The number of benzene rings is 1. The monoisotopic (exact) mass is 277 g/mol. The Labute approximate surface area is 116 Å². The van der Waals surface area contributed by atoms with E-state index >= 15 is 0 Å². The Morgan fingerprint density at radius 3 is 2.85 bits per heavy atom. The number of aliphatic carboxylic acids is 1. The first kappa shape index (κ1) is 13.1. The first-order chi connectivity index (χ1) is 9.56. The molecule has 20 heavy (non-hydrogen) atoms. The number of carbonyl (C=O) groups is 2. The van der Waals surface area contributed by atoms with E-state index in [1.807, 2.05) is 0 Å².